The maximum atomic E-state index is 13.0. The van der Waals surface area contributed by atoms with Gasteiger partial charge < -0.3 is 14.7 Å². The molecule has 1 amide bonds. The minimum absolute atomic E-state index is 0.128. The molecular weight excluding hydrogens is 294 g/mol. The van der Waals surface area contributed by atoms with E-state index in [0.29, 0.717) is 13.2 Å². The molecule has 3 heterocycles. The second-order valence-electron chi connectivity index (χ2n) is 6.74. The summed E-state index contributed by atoms with van der Waals surface area (Å²) in [7, 11) is 0. The van der Waals surface area contributed by atoms with Crippen molar-refractivity contribution in [1.29, 1.82) is 0 Å². The third-order valence-corrected chi connectivity index (χ3v) is 5.17. The number of aliphatic hydroxyl groups is 1. The van der Waals surface area contributed by atoms with Crippen molar-refractivity contribution in [1.82, 2.24) is 14.7 Å². The van der Waals surface area contributed by atoms with Crippen LogP contribution in [0.15, 0.2) is 12.4 Å². The van der Waals surface area contributed by atoms with Crippen molar-refractivity contribution in [3.63, 3.8) is 0 Å². The van der Waals surface area contributed by atoms with Crippen LogP contribution in [0.4, 0.5) is 0 Å². The number of carbonyl (C=O) groups is 1. The molecule has 6 nitrogen and oxygen atoms in total. The van der Waals surface area contributed by atoms with Gasteiger partial charge in [0, 0.05) is 43.9 Å². The number of rotatable bonds is 4. The number of hydrogen-bond acceptors (Lipinski definition) is 4. The molecule has 0 saturated carbocycles. The molecule has 0 spiro atoms. The Morgan fingerprint density at radius 2 is 2.35 bits per heavy atom. The van der Waals surface area contributed by atoms with E-state index >= 15 is 0 Å². The zero-order valence-corrected chi connectivity index (χ0v) is 14.0. The van der Waals surface area contributed by atoms with Crippen molar-refractivity contribution in [3.05, 3.63) is 18.0 Å². The largest absolute Gasteiger partial charge is 0.393 e. The van der Waals surface area contributed by atoms with Crippen LogP contribution < -0.4 is 0 Å². The molecule has 128 valence electrons. The molecule has 2 aliphatic heterocycles. The molecule has 6 heteroatoms. The third kappa shape index (κ3) is 3.43. The van der Waals surface area contributed by atoms with Crippen LogP contribution in [0.5, 0.6) is 0 Å². The number of amides is 1. The lowest BCUT2D eigenvalue weighted by Crippen LogP contribution is -2.45. The number of aromatic nitrogens is 2. The van der Waals surface area contributed by atoms with E-state index in [1.807, 2.05) is 35.8 Å². The first kappa shape index (κ1) is 16.5. The Bertz CT molecular complexity index is 543. The summed E-state index contributed by atoms with van der Waals surface area (Å²) in [6.07, 6.45) is 5.97. The number of ether oxygens (including phenoxy) is 1. The summed E-state index contributed by atoms with van der Waals surface area (Å²) in [5.74, 6) is 0.232. The van der Waals surface area contributed by atoms with Crippen LogP contribution in [0, 0.1) is 11.8 Å². The SMILES string of the molecule is CCn1cc([C@H]2OCC[C@@H]2C(=O)N2CCC[C@H]([C@H](C)O)C2)cn1. The molecule has 4 atom stereocenters. The minimum Gasteiger partial charge on any atom is -0.393 e. The summed E-state index contributed by atoms with van der Waals surface area (Å²) in [5, 5.41) is 14.1. The monoisotopic (exact) mass is 321 g/mol. The van der Waals surface area contributed by atoms with Crippen LogP contribution in [0.1, 0.15) is 44.8 Å². The number of nitrogens with zero attached hydrogens (tertiary/aromatic N) is 3. The van der Waals surface area contributed by atoms with Crippen LogP contribution >= 0.6 is 0 Å². The van der Waals surface area contributed by atoms with E-state index in [9.17, 15) is 9.90 Å². The van der Waals surface area contributed by atoms with E-state index < -0.39 is 0 Å². The lowest BCUT2D eigenvalue weighted by Gasteiger charge is -2.36. The lowest BCUT2D eigenvalue weighted by molar-refractivity contribution is -0.140. The molecule has 3 rings (SSSR count). The first-order valence-corrected chi connectivity index (χ1v) is 8.71. The summed E-state index contributed by atoms with van der Waals surface area (Å²) < 4.78 is 7.71. The van der Waals surface area contributed by atoms with Crippen molar-refractivity contribution in [2.45, 2.75) is 51.9 Å². The molecule has 23 heavy (non-hydrogen) atoms. The normalized spacial score (nSPS) is 29.7. The molecule has 0 bridgehead atoms. The number of likely N-dealkylation sites (tertiary alicyclic amines) is 1. The Morgan fingerprint density at radius 1 is 1.52 bits per heavy atom. The Kier molecular flexibility index (Phi) is 5.02. The lowest BCUT2D eigenvalue weighted by atomic mass is 9.90. The Morgan fingerprint density at radius 3 is 3.04 bits per heavy atom. The van der Waals surface area contributed by atoms with E-state index in [-0.39, 0.29) is 30.0 Å². The van der Waals surface area contributed by atoms with Crippen molar-refractivity contribution in [2.75, 3.05) is 19.7 Å². The Hall–Kier alpha value is -1.40. The molecule has 2 fully saturated rings. The van der Waals surface area contributed by atoms with Crippen molar-refractivity contribution in [3.8, 4) is 0 Å². The molecule has 2 saturated heterocycles. The molecular formula is C17H27N3O3. The van der Waals surface area contributed by atoms with Gasteiger partial charge >= 0.3 is 0 Å². The molecule has 1 aromatic heterocycles. The van der Waals surface area contributed by atoms with Crippen molar-refractivity contribution >= 4 is 5.91 Å². The first-order chi connectivity index (χ1) is 11.1. The van der Waals surface area contributed by atoms with Gasteiger partial charge in [0.25, 0.3) is 0 Å². The standard InChI is InChI=1S/C17H27N3O3/c1-3-20-11-14(9-18-20)16-15(6-8-23-16)17(22)19-7-4-5-13(10-19)12(2)21/h9,11-13,15-16,21H,3-8,10H2,1-2H3/t12-,13-,15-,16+/m0/s1. The van der Waals surface area contributed by atoms with Crippen LogP contribution in [0.2, 0.25) is 0 Å². The average Bonchev–Trinajstić information content (AvgIpc) is 3.22. The smallest absolute Gasteiger partial charge is 0.228 e. The summed E-state index contributed by atoms with van der Waals surface area (Å²) in [5.41, 5.74) is 0.992. The molecule has 1 N–H and O–H groups in total. The predicted octanol–water partition coefficient (Wildman–Crippen LogP) is 1.60. The fourth-order valence-electron chi connectivity index (χ4n) is 3.71. The Balaban J connectivity index is 1.70. The predicted molar refractivity (Wildman–Crippen MR) is 85.7 cm³/mol. The Labute approximate surface area is 137 Å². The van der Waals surface area contributed by atoms with Crippen LogP contribution in [0.3, 0.4) is 0 Å². The zero-order chi connectivity index (χ0) is 16.4. The molecule has 2 aliphatic rings. The fourth-order valence-corrected chi connectivity index (χ4v) is 3.71. The van der Waals surface area contributed by atoms with E-state index in [4.69, 9.17) is 4.74 Å². The fraction of sp³-hybridized carbons (Fsp3) is 0.765. The zero-order valence-electron chi connectivity index (χ0n) is 14.0. The number of hydrogen-bond donors (Lipinski definition) is 1. The van der Waals surface area contributed by atoms with Gasteiger partial charge in [-0.15, -0.1) is 0 Å². The number of aryl methyl sites for hydroxylation is 1. The quantitative estimate of drug-likeness (QED) is 0.915. The highest BCUT2D eigenvalue weighted by Crippen LogP contribution is 2.36. The topological polar surface area (TPSA) is 67.6 Å². The summed E-state index contributed by atoms with van der Waals surface area (Å²) in [4.78, 5) is 14.9. The van der Waals surface area contributed by atoms with Crippen LogP contribution in [-0.4, -0.2) is 51.5 Å². The van der Waals surface area contributed by atoms with Gasteiger partial charge in [-0.2, -0.15) is 5.10 Å². The van der Waals surface area contributed by atoms with Crippen LogP contribution in [0.25, 0.3) is 0 Å². The van der Waals surface area contributed by atoms with Crippen molar-refractivity contribution < 1.29 is 14.6 Å². The van der Waals surface area contributed by atoms with Gasteiger partial charge in [0.15, 0.2) is 0 Å². The summed E-state index contributed by atoms with van der Waals surface area (Å²) >= 11 is 0. The molecule has 0 aliphatic carbocycles. The van der Waals surface area contributed by atoms with Gasteiger partial charge in [-0.25, -0.2) is 0 Å². The maximum Gasteiger partial charge on any atom is 0.228 e. The first-order valence-electron chi connectivity index (χ1n) is 8.71. The summed E-state index contributed by atoms with van der Waals surface area (Å²) in [6.45, 7) is 6.74. The second kappa shape index (κ2) is 7.01. The number of piperidine rings is 1. The summed E-state index contributed by atoms with van der Waals surface area (Å²) in [6, 6.07) is 0. The third-order valence-electron chi connectivity index (χ3n) is 5.17. The van der Waals surface area contributed by atoms with Gasteiger partial charge in [-0.3, -0.25) is 9.48 Å². The van der Waals surface area contributed by atoms with Crippen LogP contribution in [-0.2, 0) is 16.1 Å². The van der Waals surface area contributed by atoms with Gasteiger partial charge in [0.05, 0.1) is 24.3 Å². The number of carbonyl (C=O) groups excluding carboxylic acids is 1. The van der Waals surface area contributed by atoms with E-state index in [2.05, 4.69) is 5.10 Å². The van der Waals surface area contributed by atoms with Gasteiger partial charge in [-0.1, -0.05) is 0 Å². The van der Waals surface area contributed by atoms with Gasteiger partial charge in [0.2, 0.25) is 5.91 Å². The highest BCUT2D eigenvalue weighted by molar-refractivity contribution is 5.80. The molecule has 0 unspecified atom stereocenters. The van der Waals surface area contributed by atoms with E-state index in [0.717, 1.165) is 37.9 Å². The van der Waals surface area contributed by atoms with Gasteiger partial charge in [-0.05, 0) is 33.1 Å². The molecule has 0 radical (unpaired) electrons. The van der Waals surface area contributed by atoms with Gasteiger partial charge in [0.1, 0.15) is 0 Å². The second-order valence-corrected chi connectivity index (χ2v) is 6.74. The number of aliphatic hydroxyl groups excluding tert-OH is 1. The van der Waals surface area contributed by atoms with E-state index in [1.165, 1.54) is 0 Å². The highest BCUT2D eigenvalue weighted by atomic mass is 16.5. The van der Waals surface area contributed by atoms with Crippen molar-refractivity contribution in [2.24, 2.45) is 11.8 Å². The average molecular weight is 321 g/mol. The minimum atomic E-state index is -0.357. The highest BCUT2D eigenvalue weighted by Gasteiger charge is 2.39. The molecule has 1 aromatic rings. The van der Waals surface area contributed by atoms with E-state index in [1.54, 1.807) is 0 Å². The molecule has 0 aromatic carbocycles. The maximum absolute atomic E-state index is 13.0.